The van der Waals surface area contributed by atoms with Gasteiger partial charge in [-0.3, -0.25) is 15.1 Å². The van der Waals surface area contributed by atoms with E-state index in [0.717, 1.165) is 62.2 Å². The monoisotopic (exact) mass is 540 g/mol. The molecule has 2 aromatic carbocycles. The summed E-state index contributed by atoms with van der Waals surface area (Å²) in [4.78, 5) is 4.02. The summed E-state index contributed by atoms with van der Waals surface area (Å²) in [6.07, 6.45) is 4.69. The lowest BCUT2D eigenvalue weighted by Gasteiger charge is -2.34. The van der Waals surface area contributed by atoms with Gasteiger partial charge in [-0.2, -0.15) is 0 Å². The summed E-state index contributed by atoms with van der Waals surface area (Å²) >= 11 is 0. The average molecular weight is 541 g/mol. The maximum absolute atomic E-state index is 13.6. The molecule has 1 saturated carbocycles. The number of nitrogens with zero attached hydrogens (tertiary/aromatic N) is 3. The van der Waals surface area contributed by atoms with Crippen LogP contribution in [0.2, 0.25) is 0 Å². The molecule has 0 spiro atoms. The summed E-state index contributed by atoms with van der Waals surface area (Å²) < 4.78 is 34.6. The molecule has 0 amide bonds. The molecule has 10 nitrogen and oxygen atoms in total. The molecule has 0 unspecified atom stereocenters. The van der Waals surface area contributed by atoms with Crippen LogP contribution >= 0.6 is 0 Å². The zero-order valence-electron chi connectivity index (χ0n) is 21.5. The normalized spacial score (nSPS) is 18.1. The molecule has 0 aromatic heterocycles. The summed E-state index contributed by atoms with van der Waals surface area (Å²) in [7, 11) is -3.93. The van der Waals surface area contributed by atoms with Crippen molar-refractivity contribution in [2.24, 2.45) is 11.7 Å². The molecule has 38 heavy (non-hydrogen) atoms. The van der Waals surface area contributed by atoms with Crippen LogP contribution in [0.3, 0.4) is 0 Å². The van der Waals surface area contributed by atoms with Crippen LogP contribution in [0.5, 0.6) is 5.75 Å². The Morgan fingerprint density at radius 2 is 1.71 bits per heavy atom. The average Bonchev–Trinajstić information content (AvgIpc) is 3.77. The molecular weight excluding hydrogens is 504 g/mol. The van der Waals surface area contributed by atoms with Crippen molar-refractivity contribution in [1.29, 1.82) is 10.8 Å². The SMILES string of the molecule is N=C(N)N1CCc2ccc(N(CCO)S(=O)(=O)c3ccc(OC4CCN(C(=N)C5CC5)CC4)cc3)cc2C1. The highest BCUT2D eigenvalue weighted by atomic mass is 32.2. The second-order valence-corrected chi connectivity index (χ2v) is 12.1. The van der Waals surface area contributed by atoms with Crippen LogP contribution in [0, 0.1) is 16.7 Å². The topological polar surface area (TPSA) is 147 Å². The number of fused-ring (bicyclic) bond motifs is 1. The van der Waals surface area contributed by atoms with Gasteiger partial charge in [0.05, 0.1) is 29.6 Å². The molecule has 0 atom stereocenters. The minimum atomic E-state index is -3.93. The number of piperidine rings is 1. The van der Waals surface area contributed by atoms with E-state index < -0.39 is 10.0 Å². The molecule has 11 heteroatoms. The van der Waals surface area contributed by atoms with Crippen molar-refractivity contribution in [3.63, 3.8) is 0 Å². The number of nitrogens with two attached hydrogens (primary N) is 1. The largest absolute Gasteiger partial charge is 0.490 e. The van der Waals surface area contributed by atoms with E-state index in [4.69, 9.17) is 21.3 Å². The number of nitrogens with one attached hydrogen (secondary N) is 2. The van der Waals surface area contributed by atoms with Crippen molar-refractivity contribution >= 4 is 27.5 Å². The highest BCUT2D eigenvalue weighted by Gasteiger charge is 2.32. The summed E-state index contributed by atoms with van der Waals surface area (Å²) in [5, 5.41) is 25.7. The van der Waals surface area contributed by atoms with E-state index in [-0.39, 0.29) is 30.1 Å². The van der Waals surface area contributed by atoms with E-state index in [1.807, 2.05) is 12.1 Å². The van der Waals surface area contributed by atoms with E-state index in [1.54, 1.807) is 35.2 Å². The van der Waals surface area contributed by atoms with Crippen molar-refractivity contribution in [2.75, 3.05) is 37.1 Å². The van der Waals surface area contributed by atoms with Gasteiger partial charge in [0.15, 0.2) is 5.96 Å². The van der Waals surface area contributed by atoms with Gasteiger partial charge in [-0.15, -0.1) is 0 Å². The molecule has 0 bridgehead atoms. The maximum atomic E-state index is 13.6. The van der Waals surface area contributed by atoms with Gasteiger partial charge in [0, 0.05) is 44.9 Å². The maximum Gasteiger partial charge on any atom is 0.264 e. The van der Waals surface area contributed by atoms with E-state index >= 15 is 0 Å². The lowest BCUT2D eigenvalue weighted by Crippen LogP contribution is -2.42. The Morgan fingerprint density at radius 3 is 2.34 bits per heavy atom. The number of sulfonamides is 1. The second-order valence-electron chi connectivity index (χ2n) is 10.2. The molecule has 2 fully saturated rings. The predicted molar refractivity (Wildman–Crippen MR) is 146 cm³/mol. The Morgan fingerprint density at radius 1 is 1.00 bits per heavy atom. The minimum Gasteiger partial charge on any atom is -0.490 e. The molecule has 2 heterocycles. The molecule has 3 aliphatic rings. The van der Waals surface area contributed by atoms with Gasteiger partial charge in [0.1, 0.15) is 11.9 Å². The van der Waals surface area contributed by atoms with Crippen LogP contribution in [0.1, 0.15) is 36.8 Å². The van der Waals surface area contributed by atoms with E-state index in [9.17, 15) is 13.5 Å². The number of likely N-dealkylation sites (tertiary alicyclic amines) is 1. The summed E-state index contributed by atoms with van der Waals surface area (Å²) in [5.41, 5.74) is 8.15. The van der Waals surface area contributed by atoms with Gasteiger partial charge in [-0.25, -0.2) is 8.42 Å². The van der Waals surface area contributed by atoms with Gasteiger partial charge in [-0.05, 0) is 66.8 Å². The summed E-state index contributed by atoms with van der Waals surface area (Å²) in [5.74, 6) is 1.82. The second kappa shape index (κ2) is 10.8. The number of rotatable bonds is 8. The smallest absolute Gasteiger partial charge is 0.264 e. The third kappa shape index (κ3) is 5.58. The highest BCUT2D eigenvalue weighted by Crippen LogP contribution is 2.33. The van der Waals surface area contributed by atoms with Crippen molar-refractivity contribution in [1.82, 2.24) is 9.80 Å². The number of benzene rings is 2. The Bertz CT molecular complexity index is 1290. The minimum absolute atomic E-state index is 0.00789. The Kier molecular flexibility index (Phi) is 7.49. The van der Waals surface area contributed by atoms with Crippen molar-refractivity contribution in [2.45, 2.75) is 49.6 Å². The first-order chi connectivity index (χ1) is 18.3. The Balaban J connectivity index is 1.27. The summed E-state index contributed by atoms with van der Waals surface area (Å²) in [6.45, 7) is 2.32. The number of hydrogen-bond acceptors (Lipinski definition) is 6. The lowest BCUT2D eigenvalue weighted by atomic mass is 9.99. The van der Waals surface area contributed by atoms with Gasteiger partial charge >= 0.3 is 0 Å². The fourth-order valence-corrected chi connectivity index (χ4v) is 6.67. The van der Waals surface area contributed by atoms with Crippen LogP contribution in [0.15, 0.2) is 47.4 Å². The van der Waals surface area contributed by atoms with Crippen LogP contribution in [-0.4, -0.2) is 74.0 Å². The molecular formula is C27H36N6O4S. The molecule has 1 saturated heterocycles. The molecule has 204 valence electrons. The van der Waals surface area contributed by atoms with Crippen molar-refractivity contribution in [3.05, 3.63) is 53.6 Å². The lowest BCUT2D eigenvalue weighted by molar-refractivity contribution is 0.129. The number of ether oxygens (including phenoxy) is 1. The fraction of sp³-hybridized carbons (Fsp3) is 0.481. The predicted octanol–water partition coefficient (Wildman–Crippen LogP) is 2.36. The molecule has 5 rings (SSSR count). The first-order valence-electron chi connectivity index (χ1n) is 13.2. The zero-order chi connectivity index (χ0) is 26.9. The van der Waals surface area contributed by atoms with Crippen LogP contribution in [0.4, 0.5) is 5.69 Å². The number of aliphatic hydroxyl groups is 1. The summed E-state index contributed by atoms with van der Waals surface area (Å²) in [6, 6.07) is 11.9. The number of hydrogen-bond donors (Lipinski definition) is 4. The molecule has 2 aromatic rings. The quantitative estimate of drug-likeness (QED) is 0.297. The molecule has 0 radical (unpaired) electrons. The standard InChI is InChI=1S/C27H36N6O4S/c28-26(20-1-2-20)31-13-10-24(11-14-31)37-23-5-7-25(8-6-23)38(35,36)33(15-16-34)22-4-3-19-9-12-32(27(29)30)18-21(19)17-22/h3-8,17,20,24,28,34H,1-2,9-16,18H2,(H3,29,30). The van der Waals surface area contributed by atoms with Gasteiger partial charge in [-0.1, -0.05) is 6.07 Å². The number of anilines is 1. The van der Waals surface area contributed by atoms with Crippen LogP contribution in [-0.2, 0) is 23.0 Å². The van der Waals surface area contributed by atoms with E-state index in [0.29, 0.717) is 30.4 Å². The van der Waals surface area contributed by atoms with Gasteiger partial charge in [0.25, 0.3) is 10.0 Å². The zero-order valence-corrected chi connectivity index (χ0v) is 22.3. The van der Waals surface area contributed by atoms with Crippen LogP contribution < -0.4 is 14.8 Å². The number of amidine groups is 1. The number of guanidine groups is 1. The fourth-order valence-electron chi connectivity index (χ4n) is 5.22. The van der Waals surface area contributed by atoms with Crippen molar-refractivity contribution in [3.8, 4) is 5.75 Å². The van der Waals surface area contributed by atoms with Gasteiger partial charge in [0.2, 0.25) is 0 Å². The van der Waals surface area contributed by atoms with E-state index in [1.165, 1.54) is 4.31 Å². The number of aliphatic hydroxyl groups excluding tert-OH is 1. The Labute approximate surface area is 224 Å². The first kappa shape index (κ1) is 26.3. The molecule has 5 N–H and O–H groups in total. The molecule has 2 aliphatic heterocycles. The molecule has 1 aliphatic carbocycles. The van der Waals surface area contributed by atoms with Crippen LogP contribution in [0.25, 0.3) is 0 Å². The third-order valence-corrected chi connectivity index (χ3v) is 9.44. The Hall–Kier alpha value is -3.31. The highest BCUT2D eigenvalue weighted by molar-refractivity contribution is 7.92. The first-order valence-corrected chi connectivity index (χ1v) is 14.6. The van der Waals surface area contributed by atoms with Crippen molar-refractivity contribution < 1.29 is 18.3 Å². The van der Waals surface area contributed by atoms with E-state index in [2.05, 4.69) is 4.90 Å². The third-order valence-electron chi connectivity index (χ3n) is 7.60. The van der Waals surface area contributed by atoms with Gasteiger partial charge < -0.3 is 25.4 Å².